The summed E-state index contributed by atoms with van der Waals surface area (Å²) >= 11 is 0. The predicted octanol–water partition coefficient (Wildman–Crippen LogP) is 1.04. The molecule has 0 unspecified atom stereocenters. The van der Waals surface area contributed by atoms with Gasteiger partial charge in [0.25, 0.3) is 11.8 Å². The summed E-state index contributed by atoms with van der Waals surface area (Å²) in [5.41, 5.74) is -0.283. The third-order valence-corrected chi connectivity index (χ3v) is 3.35. The molecule has 1 aromatic carbocycles. The van der Waals surface area contributed by atoms with Gasteiger partial charge in [-0.1, -0.05) is 6.07 Å². The molecular formula is C14H13N3O6. The van der Waals surface area contributed by atoms with Gasteiger partial charge in [0.2, 0.25) is 0 Å². The van der Waals surface area contributed by atoms with Crippen LogP contribution >= 0.6 is 0 Å². The van der Waals surface area contributed by atoms with Crippen molar-refractivity contribution in [1.82, 2.24) is 9.80 Å². The molecule has 23 heavy (non-hydrogen) atoms. The van der Waals surface area contributed by atoms with E-state index < -0.39 is 22.8 Å². The molecule has 0 N–H and O–H groups in total. The number of ether oxygens (including phenoxy) is 1. The van der Waals surface area contributed by atoms with Crippen molar-refractivity contribution in [1.29, 1.82) is 0 Å². The van der Waals surface area contributed by atoms with Crippen molar-refractivity contribution in [3.8, 4) is 5.75 Å². The van der Waals surface area contributed by atoms with Crippen LogP contribution in [0.15, 0.2) is 23.8 Å². The number of barbiturate groups is 1. The Morgan fingerprint density at radius 1 is 1.13 bits per heavy atom. The lowest BCUT2D eigenvalue weighted by molar-refractivity contribution is -0.385. The average Bonchev–Trinajstić information content (AvgIpc) is 2.54. The summed E-state index contributed by atoms with van der Waals surface area (Å²) in [6, 6.07) is 3.28. The second-order valence-corrected chi connectivity index (χ2v) is 4.76. The lowest BCUT2D eigenvalue weighted by atomic mass is 10.1. The lowest BCUT2D eigenvalue weighted by Gasteiger charge is -2.28. The van der Waals surface area contributed by atoms with Crippen LogP contribution in [0.25, 0.3) is 6.08 Å². The van der Waals surface area contributed by atoms with Gasteiger partial charge in [0.05, 0.1) is 12.0 Å². The smallest absolute Gasteiger partial charge is 0.333 e. The fourth-order valence-corrected chi connectivity index (χ4v) is 2.08. The highest BCUT2D eigenvalue weighted by atomic mass is 16.6. The number of urea groups is 1. The number of imide groups is 2. The van der Waals surface area contributed by atoms with Crippen molar-refractivity contribution in [2.75, 3.05) is 21.2 Å². The van der Waals surface area contributed by atoms with Crippen LogP contribution in [0, 0.1) is 10.1 Å². The third-order valence-electron chi connectivity index (χ3n) is 3.35. The molecule has 0 bridgehead atoms. The zero-order chi connectivity index (χ0) is 17.3. The molecule has 4 amide bonds. The molecule has 0 aromatic heterocycles. The van der Waals surface area contributed by atoms with Gasteiger partial charge in [-0.25, -0.2) is 4.79 Å². The van der Waals surface area contributed by atoms with E-state index in [0.29, 0.717) is 0 Å². The number of carbonyl (C=O) groups excluding carboxylic acids is 3. The SMILES string of the molecule is COc1ccc(C=C2C(=O)N(C)C(=O)N(C)C2=O)cc1[N+](=O)[O-]. The van der Waals surface area contributed by atoms with E-state index in [9.17, 15) is 24.5 Å². The van der Waals surface area contributed by atoms with Crippen LogP contribution < -0.4 is 4.74 Å². The van der Waals surface area contributed by atoms with Crippen molar-refractivity contribution >= 4 is 29.6 Å². The van der Waals surface area contributed by atoms with Crippen molar-refractivity contribution in [2.45, 2.75) is 0 Å². The van der Waals surface area contributed by atoms with Crippen molar-refractivity contribution < 1.29 is 24.0 Å². The molecule has 9 heteroatoms. The topological polar surface area (TPSA) is 110 Å². The molecule has 1 fully saturated rings. The summed E-state index contributed by atoms with van der Waals surface area (Å²) < 4.78 is 4.88. The zero-order valence-corrected chi connectivity index (χ0v) is 12.6. The molecule has 0 saturated carbocycles. The van der Waals surface area contributed by atoms with Crippen LogP contribution in [-0.4, -0.2) is 53.8 Å². The number of benzene rings is 1. The third kappa shape index (κ3) is 2.76. The normalized spacial score (nSPS) is 15.1. The monoisotopic (exact) mass is 319 g/mol. The van der Waals surface area contributed by atoms with Gasteiger partial charge in [0, 0.05) is 20.2 Å². The summed E-state index contributed by atoms with van der Waals surface area (Å²) in [7, 11) is 3.79. The second-order valence-electron chi connectivity index (χ2n) is 4.76. The molecule has 0 aliphatic carbocycles. The van der Waals surface area contributed by atoms with Crippen LogP contribution in [-0.2, 0) is 9.59 Å². The molecule has 1 heterocycles. The fourth-order valence-electron chi connectivity index (χ4n) is 2.08. The number of rotatable bonds is 3. The average molecular weight is 319 g/mol. The molecule has 120 valence electrons. The van der Waals surface area contributed by atoms with Gasteiger partial charge < -0.3 is 4.74 Å². The first-order valence-corrected chi connectivity index (χ1v) is 6.42. The predicted molar refractivity (Wildman–Crippen MR) is 78.6 cm³/mol. The molecule has 0 spiro atoms. The van der Waals surface area contributed by atoms with E-state index in [1.54, 1.807) is 0 Å². The Kier molecular flexibility index (Phi) is 4.12. The molecule has 1 aliphatic heterocycles. The van der Waals surface area contributed by atoms with Crippen LogP contribution in [0.5, 0.6) is 5.75 Å². The molecule has 0 radical (unpaired) electrons. The van der Waals surface area contributed by atoms with E-state index in [2.05, 4.69) is 0 Å². The summed E-state index contributed by atoms with van der Waals surface area (Å²) in [6.07, 6.45) is 1.20. The summed E-state index contributed by atoms with van der Waals surface area (Å²) in [5.74, 6) is -1.48. The van der Waals surface area contributed by atoms with E-state index in [0.717, 1.165) is 9.80 Å². The molecule has 9 nitrogen and oxygen atoms in total. The highest BCUT2D eigenvalue weighted by molar-refractivity contribution is 6.30. The maximum absolute atomic E-state index is 12.1. The van der Waals surface area contributed by atoms with Crippen LogP contribution in [0.2, 0.25) is 0 Å². The Labute approximate surface area is 130 Å². The highest BCUT2D eigenvalue weighted by Crippen LogP contribution is 2.29. The minimum absolute atomic E-state index is 0.0582. The number of nitro benzene ring substituents is 1. The maximum atomic E-state index is 12.1. The number of nitro groups is 1. The minimum atomic E-state index is -0.767. The Morgan fingerprint density at radius 3 is 2.17 bits per heavy atom. The first-order chi connectivity index (χ1) is 10.8. The Bertz CT molecular complexity index is 729. The number of hydrogen-bond acceptors (Lipinski definition) is 6. The van der Waals surface area contributed by atoms with Gasteiger partial charge in [-0.05, 0) is 17.7 Å². The zero-order valence-electron chi connectivity index (χ0n) is 12.6. The summed E-state index contributed by atoms with van der Waals surface area (Å²) in [5, 5.41) is 11.0. The maximum Gasteiger partial charge on any atom is 0.333 e. The van der Waals surface area contributed by atoms with E-state index >= 15 is 0 Å². The number of methoxy groups -OCH3 is 1. The van der Waals surface area contributed by atoms with Crippen LogP contribution in [0.4, 0.5) is 10.5 Å². The van der Waals surface area contributed by atoms with Crippen molar-refractivity contribution in [3.63, 3.8) is 0 Å². The van der Waals surface area contributed by atoms with E-state index in [-0.39, 0.29) is 22.6 Å². The highest BCUT2D eigenvalue weighted by Gasteiger charge is 2.37. The Hall–Kier alpha value is -3.23. The molecule has 1 aliphatic rings. The Balaban J connectivity index is 2.50. The standard InChI is InChI=1S/C14H13N3O6/c1-15-12(18)9(13(19)16(2)14(15)20)6-8-4-5-11(23-3)10(7-8)17(21)22/h4-7H,1-3H3. The molecule has 1 saturated heterocycles. The molecule has 2 rings (SSSR count). The fraction of sp³-hybridized carbons (Fsp3) is 0.214. The molecular weight excluding hydrogens is 306 g/mol. The van der Waals surface area contributed by atoms with Crippen molar-refractivity contribution in [2.24, 2.45) is 0 Å². The molecule has 0 atom stereocenters. The number of amides is 4. The first kappa shape index (κ1) is 16.1. The van der Waals surface area contributed by atoms with Crippen LogP contribution in [0.1, 0.15) is 5.56 Å². The van der Waals surface area contributed by atoms with Gasteiger partial charge in [-0.15, -0.1) is 0 Å². The van der Waals surface area contributed by atoms with E-state index in [4.69, 9.17) is 4.74 Å². The lowest BCUT2D eigenvalue weighted by Crippen LogP contribution is -2.52. The second kappa shape index (κ2) is 5.87. The van der Waals surface area contributed by atoms with Crippen LogP contribution in [0.3, 0.4) is 0 Å². The minimum Gasteiger partial charge on any atom is -0.490 e. The summed E-state index contributed by atoms with van der Waals surface area (Å²) in [6.45, 7) is 0. The van der Waals surface area contributed by atoms with Gasteiger partial charge in [0.1, 0.15) is 5.57 Å². The summed E-state index contributed by atoms with van der Waals surface area (Å²) in [4.78, 5) is 47.8. The van der Waals surface area contributed by atoms with Gasteiger partial charge in [0.15, 0.2) is 5.75 Å². The van der Waals surface area contributed by atoms with E-state index in [1.165, 1.54) is 45.5 Å². The van der Waals surface area contributed by atoms with Crippen molar-refractivity contribution in [3.05, 3.63) is 39.4 Å². The number of likely N-dealkylation sites (N-methyl/N-ethyl adjacent to an activating group) is 2. The van der Waals surface area contributed by atoms with Gasteiger partial charge in [-0.3, -0.25) is 29.5 Å². The largest absolute Gasteiger partial charge is 0.490 e. The first-order valence-electron chi connectivity index (χ1n) is 6.42. The van der Waals surface area contributed by atoms with Gasteiger partial charge >= 0.3 is 11.7 Å². The quantitative estimate of drug-likeness (QED) is 0.356. The van der Waals surface area contributed by atoms with Gasteiger partial charge in [-0.2, -0.15) is 0 Å². The number of hydrogen-bond donors (Lipinski definition) is 0. The van der Waals surface area contributed by atoms with E-state index in [1.807, 2.05) is 0 Å². The molecule has 1 aromatic rings. The number of carbonyl (C=O) groups is 3. The number of nitrogens with zero attached hydrogens (tertiary/aromatic N) is 3. The Morgan fingerprint density at radius 2 is 1.70 bits per heavy atom.